The fourth-order valence-electron chi connectivity index (χ4n) is 5.63. The molecule has 2 aliphatic heterocycles. The number of phenolic OH excluding ortho intramolecular Hbond substituents is 2. The lowest BCUT2D eigenvalue weighted by Crippen LogP contribution is -2.53. The van der Waals surface area contributed by atoms with E-state index in [0.29, 0.717) is 48.7 Å². The number of fused-ring (bicyclic) bond motifs is 1. The zero-order valence-electron chi connectivity index (χ0n) is 21.8. The Balaban J connectivity index is 1.34. The molecule has 0 spiro atoms. The van der Waals surface area contributed by atoms with Crippen molar-refractivity contribution in [1.29, 1.82) is 0 Å². The molecule has 9 nitrogen and oxygen atoms in total. The lowest BCUT2D eigenvalue weighted by Gasteiger charge is -2.42. The first kappa shape index (κ1) is 26.2. The van der Waals surface area contributed by atoms with E-state index in [9.17, 15) is 19.8 Å². The molecule has 0 saturated carbocycles. The summed E-state index contributed by atoms with van der Waals surface area (Å²) in [7, 11) is 1.94. The summed E-state index contributed by atoms with van der Waals surface area (Å²) in [5.74, 6) is -1.46. The van der Waals surface area contributed by atoms with Gasteiger partial charge in [0.05, 0.1) is 10.9 Å². The van der Waals surface area contributed by atoms with Gasteiger partial charge in [0.1, 0.15) is 34.3 Å². The van der Waals surface area contributed by atoms with Crippen LogP contribution in [0.1, 0.15) is 17.9 Å². The minimum Gasteiger partial charge on any atom is -0.507 e. The quantitative estimate of drug-likeness (QED) is 0.342. The Morgan fingerprint density at radius 3 is 2.58 bits per heavy atom. The highest BCUT2D eigenvalue weighted by atomic mass is 35.5. The first-order valence-corrected chi connectivity index (χ1v) is 13.5. The van der Waals surface area contributed by atoms with Crippen LogP contribution < -0.4 is 10.3 Å². The lowest BCUT2D eigenvalue weighted by molar-refractivity contribution is -0.158. The predicted octanol–water partition coefficient (Wildman–Crippen LogP) is 4.39. The maximum atomic E-state index is 13.2. The van der Waals surface area contributed by atoms with Crippen LogP contribution >= 0.6 is 11.6 Å². The molecule has 2 fully saturated rings. The largest absolute Gasteiger partial charge is 0.507 e. The van der Waals surface area contributed by atoms with Crippen molar-refractivity contribution in [3.05, 3.63) is 81.7 Å². The van der Waals surface area contributed by atoms with Gasteiger partial charge in [0.2, 0.25) is 0 Å². The summed E-state index contributed by atoms with van der Waals surface area (Å²) in [6.45, 7) is 2.20. The number of ether oxygens (including phenoxy) is 1. The average Bonchev–Trinajstić information content (AvgIpc) is 2.89. The zero-order valence-corrected chi connectivity index (χ0v) is 22.5. The Morgan fingerprint density at radius 2 is 1.82 bits per heavy atom. The maximum absolute atomic E-state index is 13.2. The van der Waals surface area contributed by atoms with Gasteiger partial charge in [-0.25, -0.2) is 0 Å². The molecular formula is C30H28ClN3O6. The third-order valence-corrected chi connectivity index (χ3v) is 8.11. The Bertz CT molecular complexity index is 1640. The number of nitrogens with zero attached hydrogens (tertiary/aromatic N) is 3. The van der Waals surface area contributed by atoms with Crippen molar-refractivity contribution in [2.24, 2.45) is 5.92 Å². The molecule has 0 radical (unpaired) electrons. The molecule has 40 heavy (non-hydrogen) atoms. The van der Waals surface area contributed by atoms with Crippen LogP contribution in [-0.2, 0) is 9.53 Å². The number of likely N-dealkylation sites (N-methyl/N-ethyl adjacent to an activating group) is 1. The van der Waals surface area contributed by atoms with Crippen LogP contribution in [0.15, 0.2) is 70.1 Å². The molecule has 0 unspecified atom stereocenters. The molecule has 10 heteroatoms. The van der Waals surface area contributed by atoms with Crippen LogP contribution in [0.4, 0.5) is 5.69 Å². The number of hydrogen-bond acceptors (Lipinski definition) is 9. The van der Waals surface area contributed by atoms with E-state index < -0.39 is 17.5 Å². The molecule has 2 aromatic carbocycles. The smallest absolute Gasteiger partial charge is 0.312 e. The number of likely N-dealkylation sites (tertiary alicyclic amines) is 1. The summed E-state index contributed by atoms with van der Waals surface area (Å²) < 4.78 is 12.3. The number of halogens is 1. The molecule has 2 aliphatic rings. The number of rotatable bonds is 5. The fraction of sp³-hybridized carbons (Fsp3) is 0.300. The number of benzene rings is 2. The lowest BCUT2D eigenvalue weighted by atomic mass is 9.85. The van der Waals surface area contributed by atoms with Gasteiger partial charge >= 0.3 is 5.97 Å². The fourth-order valence-corrected chi connectivity index (χ4v) is 5.86. The SMILES string of the molecule is CN1CC[C@H](c2c(O)cc(O)c3c(=O)cc(-c4ccccc4Cl)oc23)[C@H](OC(=O)C2CN(c3ccncc3)C2)C1. The molecule has 4 aromatic rings. The minimum absolute atomic E-state index is 0.0420. The van der Waals surface area contributed by atoms with E-state index in [-0.39, 0.29) is 40.1 Å². The summed E-state index contributed by atoms with van der Waals surface area (Å²) in [5, 5.41) is 22.0. The number of aromatic nitrogens is 1. The average molecular weight is 562 g/mol. The van der Waals surface area contributed by atoms with Crippen molar-refractivity contribution >= 4 is 34.2 Å². The van der Waals surface area contributed by atoms with Crippen LogP contribution in [0.3, 0.4) is 0 Å². The number of pyridine rings is 1. The highest BCUT2D eigenvalue weighted by Gasteiger charge is 2.40. The van der Waals surface area contributed by atoms with Crippen molar-refractivity contribution in [3.8, 4) is 22.8 Å². The Labute approximate surface area is 235 Å². The van der Waals surface area contributed by atoms with Crippen LogP contribution in [-0.4, -0.2) is 65.4 Å². The number of anilines is 1. The monoisotopic (exact) mass is 561 g/mol. The van der Waals surface area contributed by atoms with Crippen molar-refractivity contribution in [1.82, 2.24) is 9.88 Å². The van der Waals surface area contributed by atoms with E-state index in [0.717, 1.165) is 11.8 Å². The molecule has 2 saturated heterocycles. The summed E-state index contributed by atoms with van der Waals surface area (Å²) in [6.07, 6.45) is 3.37. The molecule has 4 heterocycles. The Hall–Kier alpha value is -4.08. The number of aromatic hydroxyl groups is 2. The van der Waals surface area contributed by atoms with Gasteiger partial charge in [-0.3, -0.25) is 14.6 Å². The summed E-state index contributed by atoms with van der Waals surface area (Å²) >= 11 is 6.38. The molecule has 6 rings (SSSR count). The van der Waals surface area contributed by atoms with E-state index in [1.54, 1.807) is 36.7 Å². The number of hydrogen-bond donors (Lipinski definition) is 2. The molecule has 206 valence electrons. The predicted molar refractivity (Wildman–Crippen MR) is 151 cm³/mol. The van der Waals surface area contributed by atoms with Crippen LogP contribution in [0.25, 0.3) is 22.3 Å². The number of phenols is 2. The second-order valence-electron chi connectivity index (χ2n) is 10.4. The highest BCUT2D eigenvalue weighted by Crippen LogP contribution is 2.44. The van der Waals surface area contributed by atoms with Gasteiger partial charge in [-0.05, 0) is 44.3 Å². The van der Waals surface area contributed by atoms with E-state index in [2.05, 4.69) is 14.8 Å². The van der Waals surface area contributed by atoms with Crippen molar-refractivity contribution in [2.75, 3.05) is 38.1 Å². The molecule has 0 amide bonds. The van der Waals surface area contributed by atoms with Gasteiger partial charge < -0.3 is 29.2 Å². The molecular weight excluding hydrogens is 534 g/mol. The van der Waals surface area contributed by atoms with Gasteiger partial charge in [-0.2, -0.15) is 0 Å². The van der Waals surface area contributed by atoms with Gasteiger partial charge in [0.25, 0.3) is 0 Å². The summed E-state index contributed by atoms with van der Waals surface area (Å²) in [6, 6.07) is 13.2. The van der Waals surface area contributed by atoms with E-state index in [4.69, 9.17) is 20.8 Å². The second kappa shape index (κ2) is 10.5. The topological polar surface area (TPSA) is 116 Å². The van der Waals surface area contributed by atoms with Crippen molar-refractivity contribution < 1.29 is 24.2 Å². The molecule has 2 atom stereocenters. The van der Waals surface area contributed by atoms with Gasteiger partial charge in [0, 0.05) is 66.9 Å². The second-order valence-corrected chi connectivity index (χ2v) is 10.8. The first-order valence-electron chi connectivity index (χ1n) is 13.1. The Morgan fingerprint density at radius 1 is 1.07 bits per heavy atom. The van der Waals surface area contributed by atoms with Crippen LogP contribution in [0, 0.1) is 5.92 Å². The van der Waals surface area contributed by atoms with Gasteiger partial charge in [-0.1, -0.05) is 23.7 Å². The first-order chi connectivity index (χ1) is 19.3. The number of carbonyl (C=O) groups is 1. The minimum atomic E-state index is -0.603. The standard InChI is InChI=1S/C30H28ClN3O6/c1-33-11-8-20(26(16-33)40-30(38)17-14-34(15-17)18-6-9-32-10-7-18)27-22(35)12-23(36)28-24(37)13-25(39-29(27)28)19-4-2-3-5-21(19)31/h2-7,9-10,12-13,17,20,26,35-36H,8,11,14-16H2,1H3/t20-,26+/m0/s1. The van der Waals surface area contributed by atoms with Crippen molar-refractivity contribution in [3.63, 3.8) is 0 Å². The Kier molecular flexibility index (Phi) is 6.85. The summed E-state index contributed by atoms with van der Waals surface area (Å²) in [4.78, 5) is 34.6. The van der Waals surface area contributed by atoms with E-state index >= 15 is 0 Å². The van der Waals surface area contributed by atoms with Crippen LogP contribution in [0.5, 0.6) is 11.5 Å². The molecule has 0 bridgehead atoms. The third kappa shape index (κ3) is 4.76. The number of esters is 1. The third-order valence-electron chi connectivity index (χ3n) is 7.78. The number of piperidine rings is 1. The van der Waals surface area contributed by atoms with Crippen LogP contribution in [0.2, 0.25) is 5.02 Å². The van der Waals surface area contributed by atoms with Gasteiger partial charge in [-0.15, -0.1) is 0 Å². The number of carbonyl (C=O) groups excluding carboxylic acids is 1. The molecule has 0 aliphatic carbocycles. The highest BCUT2D eigenvalue weighted by molar-refractivity contribution is 6.33. The van der Waals surface area contributed by atoms with Crippen molar-refractivity contribution in [2.45, 2.75) is 18.4 Å². The van der Waals surface area contributed by atoms with E-state index in [1.807, 2.05) is 19.2 Å². The normalized spacial score (nSPS) is 19.9. The molecule has 2 N–H and O–H groups in total. The zero-order chi connectivity index (χ0) is 28.0. The summed E-state index contributed by atoms with van der Waals surface area (Å²) in [5.41, 5.74) is 1.42. The molecule has 2 aromatic heterocycles. The van der Waals surface area contributed by atoms with E-state index in [1.165, 1.54) is 6.07 Å². The maximum Gasteiger partial charge on any atom is 0.312 e. The van der Waals surface area contributed by atoms with Gasteiger partial charge in [0.15, 0.2) is 5.43 Å².